The highest BCUT2D eigenvalue weighted by atomic mass is 16.5. The number of methoxy groups -OCH3 is 1. The summed E-state index contributed by atoms with van der Waals surface area (Å²) in [6.45, 7) is 7.47. The number of rotatable bonds is 3. The Labute approximate surface area is 130 Å². The number of nitrogens with zero attached hydrogens (tertiary/aromatic N) is 2. The lowest BCUT2D eigenvalue weighted by atomic mass is 9.94. The SMILES string of the molecule is COCCc1nc2c(c(=O)[nH]1)CCN(C(=O)C(C)(C)C)CC2. The van der Waals surface area contributed by atoms with Crippen molar-refractivity contribution in [1.29, 1.82) is 0 Å². The molecule has 0 aliphatic carbocycles. The molecule has 22 heavy (non-hydrogen) atoms. The molecule has 2 heterocycles. The number of aromatic nitrogens is 2. The highest BCUT2D eigenvalue weighted by Gasteiger charge is 2.29. The normalized spacial score (nSPS) is 15.4. The number of hydrogen-bond acceptors (Lipinski definition) is 4. The van der Waals surface area contributed by atoms with E-state index in [1.807, 2.05) is 25.7 Å². The molecule has 2 rings (SSSR count). The molecule has 0 spiro atoms. The summed E-state index contributed by atoms with van der Waals surface area (Å²) in [7, 11) is 1.62. The van der Waals surface area contributed by atoms with E-state index in [-0.39, 0.29) is 11.5 Å². The second-order valence-corrected chi connectivity index (χ2v) is 6.72. The van der Waals surface area contributed by atoms with Crippen LogP contribution >= 0.6 is 0 Å². The molecular formula is C16H25N3O3. The zero-order valence-corrected chi connectivity index (χ0v) is 13.9. The number of fused-ring (bicyclic) bond motifs is 1. The molecule has 6 nitrogen and oxygen atoms in total. The molecule has 0 atom stereocenters. The molecule has 0 fully saturated rings. The predicted molar refractivity (Wildman–Crippen MR) is 83.9 cm³/mol. The van der Waals surface area contributed by atoms with Crippen molar-refractivity contribution in [3.63, 3.8) is 0 Å². The first-order valence-corrected chi connectivity index (χ1v) is 7.72. The largest absolute Gasteiger partial charge is 0.384 e. The van der Waals surface area contributed by atoms with E-state index in [1.165, 1.54) is 0 Å². The van der Waals surface area contributed by atoms with Crippen LogP contribution in [-0.2, 0) is 28.8 Å². The third-order valence-electron chi connectivity index (χ3n) is 3.87. The predicted octanol–water partition coefficient (Wildman–Crippen LogP) is 0.932. The maximum atomic E-state index is 12.4. The molecule has 1 aliphatic rings. The molecule has 122 valence electrons. The second-order valence-electron chi connectivity index (χ2n) is 6.72. The molecule has 1 aromatic heterocycles. The van der Waals surface area contributed by atoms with E-state index in [9.17, 15) is 9.59 Å². The van der Waals surface area contributed by atoms with Crippen LogP contribution in [0.25, 0.3) is 0 Å². The fourth-order valence-corrected chi connectivity index (χ4v) is 2.65. The van der Waals surface area contributed by atoms with Gasteiger partial charge in [0.15, 0.2) is 0 Å². The van der Waals surface area contributed by atoms with E-state index in [1.54, 1.807) is 7.11 Å². The third-order valence-corrected chi connectivity index (χ3v) is 3.87. The minimum absolute atomic E-state index is 0.0823. The average molecular weight is 307 g/mol. The van der Waals surface area contributed by atoms with Crippen LogP contribution in [0.3, 0.4) is 0 Å². The van der Waals surface area contributed by atoms with Crippen LogP contribution in [0.4, 0.5) is 0 Å². The standard InChI is InChI=1S/C16H25N3O3/c1-16(2,3)15(21)19-8-5-11-12(6-9-19)17-13(7-10-22-4)18-14(11)20/h5-10H2,1-4H3,(H,17,18,20). The summed E-state index contributed by atoms with van der Waals surface area (Å²) in [5, 5.41) is 0. The van der Waals surface area contributed by atoms with Crippen LogP contribution in [0.15, 0.2) is 4.79 Å². The average Bonchev–Trinajstić information content (AvgIpc) is 2.66. The fraction of sp³-hybridized carbons (Fsp3) is 0.688. The Kier molecular flexibility index (Phi) is 5.01. The first kappa shape index (κ1) is 16.7. The van der Waals surface area contributed by atoms with Crippen LogP contribution in [0, 0.1) is 5.41 Å². The molecule has 1 aromatic rings. The lowest BCUT2D eigenvalue weighted by molar-refractivity contribution is -0.139. The van der Waals surface area contributed by atoms with Crippen LogP contribution in [0.5, 0.6) is 0 Å². The van der Waals surface area contributed by atoms with Gasteiger partial charge in [-0.2, -0.15) is 0 Å². The van der Waals surface area contributed by atoms with Crippen molar-refractivity contribution >= 4 is 5.91 Å². The van der Waals surface area contributed by atoms with Gasteiger partial charge in [0.2, 0.25) is 5.91 Å². The first-order valence-electron chi connectivity index (χ1n) is 7.72. The van der Waals surface area contributed by atoms with Crippen LogP contribution in [0.2, 0.25) is 0 Å². The van der Waals surface area contributed by atoms with Gasteiger partial charge in [-0.25, -0.2) is 4.98 Å². The summed E-state index contributed by atoms with van der Waals surface area (Å²) in [6, 6.07) is 0. The number of amides is 1. The van der Waals surface area contributed by atoms with E-state index in [0.717, 1.165) is 5.69 Å². The van der Waals surface area contributed by atoms with Gasteiger partial charge in [-0.3, -0.25) is 9.59 Å². The second kappa shape index (κ2) is 6.60. The molecule has 1 amide bonds. The maximum Gasteiger partial charge on any atom is 0.254 e. The maximum absolute atomic E-state index is 12.4. The van der Waals surface area contributed by atoms with Gasteiger partial charge in [0.1, 0.15) is 5.82 Å². The highest BCUT2D eigenvalue weighted by molar-refractivity contribution is 5.81. The van der Waals surface area contributed by atoms with Crippen LogP contribution < -0.4 is 5.56 Å². The van der Waals surface area contributed by atoms with Crippen molar-refractivity contribution in [2.24, 2.45) is 5.41 Å². The monoisotopic (exact) mass is 307 g/mol. The van der Waals surface area contributed by atoms with Gasteiger partial charge in [0, 0.05) is 44.0 Å². The van der Waals surface area contributed by atoms with Gasteiger partial charge < -0.3 is 14.6 Å². The topological polar surface area (TPSA) is 75.3 Å². The fourth-order valence-electron chi connectivity index (χ4n) is 2.65. The number of aromatic amines is 1. The van der Waals surface area contributed by atoms with Crippen molar-refractivity contribution in [2.45, 2.75) is 40.0 Å². The van der Waals surface area contributed by atoms with Gasteiger partial charge in [0.05, 0.1) is 12.3 Å². The number of nitrogens with one attached hydrogen (secondary N) is 1. The third kappa shape index (κ3) is 3.74. The van der Waals surface area contributed by atoms with Crippen molar-refractivity contribution in [2.75, 3.05) is 26.8 Å². The molecule has 0 saturated heterocycles. The van der Waals surface area contributed by atoms with Crippen LogP contribution in [-0.4, -0.2) is 47.6 Å². The Morgan fingerprint density at radius 2 is 2.00 bits per heavy atom. The Balaban J connectivity index is 2.19. The summed E-state index contributed by atoms with van der Waals surface area (Å²) in [5.41, 5.74) is 1.05. The highest BCUT2D eigenvalue weighted by Crippen LogP contribution is 2.20. The Bertz CT molecular complexity index is 602. The van der Waals surface area contributed by atoms with Crippen molar-refractivity contribution in [1.82, 2.24) is 14.9 Å². The van der Waals surface area contributed by atoms with Gasteiger partial charge in [0.25, 0.3) is 5.56 Å². The molecule has 6 heteroatoms. The molecule has 0 aromatic carbocycles. The minimum atomic E-state index is -0.403. The van der Waals surface area contributed by atoms with E-state index < -0.39 is 5.41 Å². The summed E-state index contributed by atoms with van der Waals surface area (Å²) in [5.74, 6) is 0.775. The van der Waals surface area contributed by atoms with Gasteiger partial charge >= 0.3 is 0 Å². The summed E-state index contributed by atoms with van der Waals surface area (Å²) < 4.78 is 5.03. The van der Waals surface area contributed by atoms with Crippen molar-refractivity contribution < 1.29 is 9.53 Å². The number of carbonyl (C=O) groups is 1. The molecule has 1 N–H and O–H groups in total. The lowest BCUT2D eigenvalue weighted by Crippen LogP contribution is -2.41. The molecule has 1 aliphatic heterocycles. The van der Waals surface area contributed by atoms with Gasteiger partial charge in [-0.1, -0.05) is 20.8 Å². The van der Waals surface area contributed by atoms with Crippen LogP contribution in [0.1, 0.15) is 37.9 Å². The van der Waals surface area contributed by atoms with Crippen molar-refractivity contribution in [3.05, 3.63) is 27.4 Å². The van der Waals surface area contributed by atoms with Crippen molar-refractivity contribution in [3.8, 4) is 0 Å². The van der Waals surface area contributed by atoms with E-state index >= 15 is 0 Å². The number of carbonyl (C=O) groups excluding carboxylic acids is 1. The minimum Gasteiger partial charge on any atom is -0.384 e. The number of H-pyrrole nitrogens is 1. The lowest BCUT2D eigenvalue weighted by Gasteiger charge is -2.28. The number of ether oxygens (including phenoxy) is 1. The van der Waals surface area contributed by atoms with E-state index in [0.29, 0.717) is 50.3 Å². The van der Waals surface area contributed by atoms with E-state index in [2.05, 4.69) is 9.97 Å². The van der Waals surface area contributed by atoms with Gasteiger partial charge in [-0.05, 0) is 6.42 Å². The van der Waals surface area contributed by atoms with E-state index in [4.69, 9.17) is 4.74 Å². The number of hydrogen-bond donors (Lipinski definition) is 1. The summed E-state index contributed by atoms with van der Waals surface area (Å²) in [6.07, 6.45) is 1.77. The molecule has 0 saturated carbocycles. The zero-order valence-electron chi connectivity index (χ0n) is 13.9. The summed E-state index contributed by atoms with van der Waals surface area (Å²) >= 11 is 0. The smallest absolute Gasteiger partial charge is 0.254 e. The Hall–Kier alpha value is -1.69. The first-order chi connectivity index (χ1) is 10.3. The molecule has 0 bridgehead atoms. The Morgan fingerprint density at radius 3 is 2.64 bits per heavy atom. The molecule has 0 radical (unpaired) electrons. The molecular weight excluding hydrogens is 282 g/mol. The zero-order chi connectivity index (χ0) is 16.3. The summed E-state index contributed by atoms with van der Waals surface area (Å²) in [4.78, 5) is 33.9. The quantitative estimate of drug-likeness (QED) is 0.901. The Morgan fingerprint density at radius 1 is 1.32 bits per heavy atom. The van der Waals surface area contributed by atoms with Gasteiger partial charge in [-0.15, -0.1) is 0 Å². The molecule has 0 unspecified atom stereocenters.